The zero-order valence-corrected chi connectivity index (χ0v) is 7.95. The lowest BCUT2D eigenvalue weighted by Crippen LogP contribution is -2.10. The topological polar surface area (TPSA) is 43.1 Å². The number of primary amides is 1. The molecule has 0 aliphatic carbocycles. The first-order valence-electron chi connectivity index (χ1n) is 3.57. The lowest BCUT2D eigenvalue weighted by Gasteiger charge is -1.81. The molecule has 3 heteroatoms. The Labute approximate surface area is 73.4 Å². The van der Waals surface area contributed by atoms with Crippen molar-refractivity contribution in [2.45, 2.75) is 26.7 Å². The summed E-state index contributed by atoms with van der Waals surface area (Å²) >= 11 is 5.30. The number of hydrogen-bond donors (Lipinski definition) is 1. The maximum atomic E-state index is 9.82. The minimum absolute atomic E-state index is 0.398. The van der Waals surface area contributed by atoms with Crippen molar-refractivity contribution in [2.24, 2.45) is 5.73 Å². The lowest BCUT2D eigenvalue weighted by molar-refractivity contribution is -0.114. The molecule has 0 spiro atoms. The predicted molar refractivity (Wildman–Crippen MR) is 49.6 cm³/mol. The summed E-state index contributed by atoms with van der Waals surface area (Å²) in [5.41, 5.74) is 5.09. The normalized spacial score (nSPS) is 7.91. The average molecular weight is 178 g/mol. The molecule has 0 aromatic heterocycles. The average Bonchev–Trinajstić information content (AvgIpc) is 1.90. The molecule has 2 N–H and O–H groups in total. The van der Waals surface area contributed by atoms with Crippen molar-refractivity contribution in [1.82, 2.24) is 0 Å². The fourth-order valence-corrected chi connectivity index (χ4v) is 0.401. The van der Waals surface area contributed by atoms with E-state index < -0.39 is 5.91 Å². The van der Waals surface area contributed by atoms with Crippen LogP contribution in [0.5, 0.6) is 0 Å². The molecule has 0 fully saturated rings. The van der Waals surface area contributed by atoms with Crippen LogP contribution in [-0.2, 0) is 4.79 Å². The minimum Gasteiger partial charge on any atom is -0.366 e. The first-order valence-corrected chi connectivity index (χ1v) is 4.11. The van der Waals surface area contributed by atoms with E-state index in [1.165, 1.54) is 6.42 Å². The van der Waals surface area contributed by atoms with Crippen molar-refractivity contribution in [1.29, 1.82) is 0 Å². The molecule has 11 heavy (non-hydrogen) atoms. The van der Waals surface area contributed by atoms with E-state index in [1.54, 1.807) is 6.92 Å². The summed E-state index contributed by atoms with van der Waals surface area (Å²) in [7, 11) is 0. The molecule has 0 rings (SSSR count). The van der Waals surface area contributed by atoms with E-state index in [1.807, 2.05) is 0 Å². The number of nitrogens with two attached hydrogens (primary N) is 1. The second-order valence-corrected chi connectivity index (χ2v) is 2.57. The maximum absolute atomic E-state index is 9.82. The molecule has 0 heterocycles. The van der Waals surface area contributed by atoms with Gasteiger partial charge in [0.25, 0.3) is 0 Å². The van der Waals surface area contributed by atoms with Crippen molar-refractivity contribution >= 4 is 17.5 Å². The predicted octanol–water partition coefficient (Wildman–Crippen LogP) is 2.07. The van der Waals surface area contributed by atoms with Gasteiger partial charge in [-0.3, -0.25) is 4.79 Å². The molecule has 2 nitrogen and oxygen atoms in total. The van der Waals surface area contributed by atoms with Crippen LogP contribution in [0.1, 0.15) is 26.7 Å². The SMILES string of the molecule is C=C(C)C(N)=O.CCCCCl. The summed E-state index contributed by atoms with van der Waals surface area (Å²) < 4.78 is 0. The Morgan fingerprint density at radius 3 is 2.00 bits per heavy atom. The summed E-state index contributed by atoms with van der Waals surface area (Å²) in [4.78, 5) is 9.82. The van der Waals surface area contributed by atoms with E-state index in [0.717, 1.165) is 12.3 Å². The van der Waals surface area contributed by atoms with Gasteiger partial charge in [-0.1, -0.05) is 19.9 Å². The Balaban J connectivity index is 0. The molecule has 0 aromatic rings. The first-order chi connectivity index (χ1) is 5.06. The molecule has 0 bridgehead atoms. The molecule has 0 aromatic carbocycles. The highest BCUT2D eigenvalue weighted by Gasteiger charge is 1.86. The summed E-state index contributed by atoms with van der Waals surface area (Å²) in [6.45, 7) is 6.98. The van der Waals surface area contributed by atoms with Crippen molar-refractivity contribution < 1.29 is 4.79 Å². The van der Waals surface area contributed by atoms with Gasteiger partial charge in [0.05, 0.1) is 0 Å². The van der Waals surface area contributed by atoms with Crippen molar-refractivity contribution in [3.8, 4) is 0 Å². The largest absolute Gasteiger partial charge is 0.366 e. The third-order valence-electron chi connectivity index (χ3n) is 0.908. The first kappa shape index (κ1) is 13.1. The van der Waals surface area contributed by atoms with E-state index in [9.17, 15) is 4.79 Å². The van der Waals surface area contributed by atoms with Crippen LogP contribution in [0.2, 0.25) is 0 Å². The fourth-order valence-electron chi connectivity index (χ4n) is 0.134. The monoisotopic (exact) mass is 177 g/mol. The van der Waals surface area contributed by atoms with Crippen LogP contribution in [0.3, 0.4) is 0 Å². The third kappa shape index (κ3) is 17.7. The molecular formula is C8H16ClNO. The second kappa shape index (κ2) is 9.50. The van der Waals surface area contributed by atoms with Gasteiger partial charge in [-0.25, -0.2) is 0 Å². The highest BCUT2D eigenvalue weighted by Crippen LogP contribution is 1.86. The van der Waals surface area contributed by atoms with Crippen LogP contribution in [0, 0.1) is 0 Å². The molecule has 0 unspecified atom stereocenters. The van der Waals surface area contributed by atoms with Crippen LogP contribution in [0.4, 0.5) is 0 Å². The van der Waals surface area contributed by atoms with Gasteiger partial charge in [0, 0.05) is 11.5 Å². The third-order valence-corrected chi connectivity index (χ3v) is 1.18. The van der Waals surface area contributed by atoms with E-state index in [-0.39, 0.29) is 0 Å². The maximum Gasteiger partial charge on any atom is 0.243 e. The van der Waals surface area contributed by atoms with Crippen molar-refractivity contribution in [3.05, 3.63) is 12.2 Å². The zero-order chi connectivity index (χ0) is 9.28. The number of halogens is 1. The summed E-state index contributed by atoms with van der Waals surface area (Å²) in [6, 6.07) is 0. The standard InChI is InChI=1S/C4H9Cl.C4H7NO/c1-2-3-4-5;1-3(2)4(5)6/h2-4H2,1H3;1H2,2H3,(H2,5,6). The Kier molecular flexibility index (Phi) is 11.3. The number of hydrogen-bond acceptors (Lipinski definition) is 1. The van der Waals surface area contributed by atoms with Gasteiger partial charge in [0.2, 0.25) is 5.91 Å². The number of alkyl halides is 1. The van der Waals surface area contributed by atoms with Crippen LogP contribution in [0.25, 0.3) is 0 Å². The van der Waals surface area contributed by atoms with E-state index in [4.69, 9.17) is 17.3 Å². The van der Waals surface area contributed by atoms with Crippen LogP contribution in [0.15, 0.2) is 12.2 Å². The number of carbonyl (C=O) groups excluding carboxylic acids is 1. The fraction of sp³-hybridized carbons (Fsp3) is 0.625. The molecular weight excluding hydrogens is 162 g/mol. The number of unbranched alkanes of at least 4 members (excludes halogenated alkanes) is 1. The van der Waals surface area contributed by atoms with Gasteiger partial charge in [-0.15, -0.1) is 11.6 Å². The van der Waals surface area contributed by atoms with Gasteiger partial charge in [-0.05, 0) is 13.3 Å². The van der Waals surface area contributed by atoms with Gasteiger partial charge in [0.15, 0.2) is 0 Å². The molecule has 66 valence electrons. The van der Waals surface area contributed by atoms with Gasteiger partial charge in [-0.2, -0.15) is 0 Å². The van der Waals surface area contributed by atoms with Crippen molar-refractivity contribution in [3.63, 3.8) is 0 Å². The quantitative estimate of drug-likeness (QED) is 0.521. The molecule has 0 saturated carbocycles. The highest BCUT2D eigenvalue weighted by atomic mass is 35.5. The molecule has 0 atom stereocenters. The van der Waals surface area contributed by atoms with Crippen LogP contribution in [-0.4, -0.2) is 11.8 Å². The zero-order valence-electron chi connectivity index (χ0n) is 7.19. The van der Waals surface area contributed by atoms with E-state index >= 15 is 0 Å². The minimum atomic E-state index is -0.435. The lowest BCUT2D eigenvalue weighted by atomic mass is 10.3. The molecule has 0 aliphatic rings. The number of carbonyl (C=O) groups is 1. The van der Waals surface area contributed by atoms with Crippen LogP contribution < -0.4 is 5.73 Å². The summed E-state index contributed by atoms with van der Waals surface area (Å²) in [5.74, 6) is 0.381. The van der Waals surface area contributed by atoms with Crippen LogP contribution >= 0.6 is 11.6 Å². The van der Waals surface area contributed by atoms with Gasteiger partial charge in [0.1, 0.15) is 0 Å². The summed E-state index contributed by atoms with van der Waals surface area (Å²) in [5, 5.41) is 0. The Morgan fingerprint density at radius 2 is 2.00 bits per heavy atom. The molecule has 0 aliphatic heterocycles. The number of amides is 1. The van der Waals surface area contributed by atoms with E-state index in [0.29, 0.717) is 5.57 Å². The smallest absolute Gasteiger partial charge is 0.243 e. The molecule has 1 amide bonds. The number of rotatable bonds is 3. The Morgan fingerprint density at radius 1 is 1.64 bits per heavy atom. The molecule has 0 saturated heterocycles. The van der Waals surface area contributed by atoms with Crippen molar-refractivity contribution in [2.75, 3.05) is 5.88 Å². The van der Waals surface area contributed by atoms with Gasteiger partial charge < -0.3 is 5.73 Å². The summed E-state index contributed by atoms with van der Waals surface area (Å²) in [6.07, 6.45) is 2.37. The van der Waals surface area contributed by atoms with E-state index in [2.05, 4.69) is 13.5 Å². The highest BCUT2D eigenvalue weighted by molar-refractivity contribution is 6.17. The molecule has 0 radical (unpaired) electrons. The second-order valence-electron chi connectivity index (χ2n) is 2.19. The van der Waals surface area contributed by atoms with Gasteiger partial charge >= 0.3 is 0 Å². The Bertz CT molecular complexity index is 109. The Hall–Kier alpha value is -0.500.